The van der Waals surface area contributed by atoms with Crippen LogP contribution in [0.15, 0.2) is 52.3 Å². The number of carbonyl (C=O) groups excluding carboxylic acids is 1. The first-order chi connectivity index (χ1) is 10.6. The van der Waals surface area contributed by atoms with Crippen LogP contribution in [0.1, 0.15) is 20.7 Å². The van der Waals surface area contributed by atoms with E-state index in [-0.39, 0.29) is 11.5 Å². The summed E-state index contributed by atoms with van der Waals surface area (Å²) in [6, 6.07) is 11.8. The van der Waals surface area contributed by atoms with Gasteiger partial charge in [-0.15, -0.1) is 23.5 Å². The van der Waals surface area contributed by atoms with Gasteiger partial charge in [0.25, 0.3) is 5.91 Å². The van der Waals surface area contributed by atoms with Crippen molar-refractivity contribution in [2.24, 2.45) is 0 Å². The minimum Gasteiger partial charge on any atom is -0.478 e. The predicted octanol–water partition coefficient (Wildman–Crippen LogP) is 3.83. The number of nitrogens with one attached hydrogen (secondary N) is 1. The second-order valence-electron chi connectivity index (χ2n) is 4.70. The molecule has 2 aromatic carbocycles. The smallest absolute Gasteiger partial charge is 0.335 e. The van der Waals surface area contributed by atoms with E-state index in [0.717, 1.165) is 16.4 Å². The number of carbonyl (C=O) groups is 2. The van der Waals surface area contributed by atoms with Gasteiger partial charge in [-0.25, -0.2) is 4.79 Å². The monoisotopic (exact) mass is 331 g/mol. The molecule has 1 aliphatic rings. The average molecular weight is 331 g/mol. The van der Waals surface area contributed by atoms with E-state index in [1.807, 2.05) is 30.0 Å². The molecular weight excluding hydrogens is 318 g/mol. The van der Waals surface area contributed by atoms with Crippen molar-refractivity contribution in [2.45, 2.75) is 9.79 Å². The van der Waals surface area contributed by atoms with Gasteiger partial charge in [0.2, 0.25) is 0 Å². The zero-order chi connectivity index (χ0) is 15.5. The molecule has 3 rings (SSSR count). The molecule has 0 unspecified atom stereocenters. The van der Waals surface area contributed by atoms with Gasteiger partial charge in [0.1, 0.15) is 0 Å². The van der Waals surface area contributed by atoms with Crippen molar-refractivity contribution < 1.29 is 14.7 Å². The first-order valence-corrected chi connectivity index (χ1v) is 8.65. The molecule has 2 aromatic rings. The third-order valence-corrected chi connectivity index (χ3v) is 5.71. The van der Waals surface area contributed by atoms with Gasteiger partial charge in [-0.3, -0.25) is 4.79 Å². The summed E-state index contributed by atoms with van der Waals surface area (Å²) in [6.07, 6.45) is 0. The first kappa shape index (κ1) is 15.0. The molecular formula is C16H13NO3S2. The Morgan fingerprint density at radius 1 is 0.909 bits per heavy atom. The van der Waals surface area contributed by atoms with Crippen molar-refractivity contribution in [1.29, 1.82) is 0 Å². The van der Waals surface area contributed by atoms with E-state index >= 15 is 0 Å². The second-order valence-corrected chi connectivity index (χ2v) is 6.97. The normalized spacial score (nSPS) is 13.3. The summed E-state index contributed by atoms with van der Waals surface area (Å²) in [5, 5.41) is 11.6. The highest BCUT2D eigenvalue weighted by Crippen LogP contribution is 2.37. The molecule has 1 aliphatic heterocycles. The van der Waals surface area contributed by atoms with Gasteiger partial charge in [-0.1, -0.05) is 0 Å². The molecule has 0 aliphatic carbocycles. The lowest BCUT2D eigenvalue weighted by molar-refractivity contribution is 0.0696. The highest BCUT2D eigenvalue weighted by atomic mass is 32.2. The molecule has 0 fully saturated rings. The summed E-state index contributed by atoms with van der Waals surface area (Å²) in [5.41, 5.74) is 1.38. The number of hydrogen-bond donors (Lipinski definition) is 2. The van der Waals surface area contributed by atoms with Crippen molar-refractivity contribution in [3.05, 3.63) is 53.6 Å². The van der Waals surface area contributed by atoms with Crippen molar-refractivity contribution >= 4 is 41.1 Å². The minimum absolute atomic E-state index is 0.193. The highest BCUT2D eigenvalue weighted by molar-refractivity contribution is 8.05. The largest absolute Gasteiger partial charge is 0.478 e. The lowest BCUT2D eigenvalue weighted by atomic mass is 10.2. The van der Waals surface area contributed by atoms with Crippen LogP contribution < -0.4 is 5.32 Å². The fraction of sp³-hybridized carbons (Fsp3) is 0.125. The molecule has 0 bridgehead atoms. The Labute approximate surface area is 136 Å². The molecule has 0 aromatic heterocycles. The number of thioether (sulfide) groups is 2. The molecule has 0 saturated carbocycles. The third kappa shape index (κ3) is 3.28. The summed E-state index contributed by atoms with van der Waals surface area (Å²) in [7, 11) is 0. The number of carboxylic acids is 1. The molecule has 1 amide bonds. The maximum absolute atomic E-state index is 12.3. The number of anilines is 1. The maximum atomic E-state index is 12.3. The highest BCUT2D eigenvalue weighted by Gasteiger charge is 2.14. The van der Waals surface area contributed by atoms with Crippen molar-refractivity contribution in [3.63, 3.8) is 0 Å². The minimum atomic E-state index is -0.984. The molecule has 22 heavy (non-hydrogen) atoms. The summed E-state index contributed by atoms with van der Waals surface area (Å²) in [5.74, 6) is 0.975. The van der Waals surface area contributed by atoms with Gasteiger partial charge in [0.05, 0.1) is 5.56 Å². The van der Waals surface area contributed by atoms with E-state index in [1.165, 1.54) is 17.0 Å². The fourth-order valence-electron chi connectivity index (χ4n) is 2.08. The zero-order valence-corrected chi connectivity index (χ0v) is 13.2. The number of carboxylic acid groups (broad SMARTS) is 1. The van der Waals surface area contributed by atoms with Crippen molar-refractivity contribution in [1.82, 2.24) is 0 Å². The van der Waals surface area contributed by atoms with E-state index in [0.29, 0.717) is 11.3 Å². The van der Waals surface area contributed by atoms with Crippen LogP contribution in [0.2, 0.25) is 0 Å². The Morgan fingerprint density at radius 3 is 2.23 bits per heavy atom. The number of hydrogen-bond acceptors (Lipinski definition) is 4. The van der Waals surface area contributed by atoms with Gasteiger partial charge in [-0.2, -0.15) is 0 Å². The molecule has 1 heterocycles. The van der Waals surface area contributed by atoms with Crippen LogP contribution in [-0.2, 0) is 0 Å². The second kappa shape index (κ2) is 6.46. The Balaban J connectivity index is 1.75. The molecule has 6 heteroatoms. The van der Waals surface area contributed by atoms with E-state index in [4.69, 9.17) is 5.11 Å². The number of fused-ring (bicyclic) bond motifs is 1. The Hall–Kier alpha value is -1.92. The van der Waals surface area contributed by atoms with Gasteiger partial charge in [0.15, 0.2) is 0 Å². The van der Waals surface area contributed by atoms with Crippen LogP contribution >= 0.6 is 23.5 Å². The Bertz CT molecular complexity index is 729. The van der Waals surface area contributed by atoms with E-state index in [2.05, 4.69) is 5.32 Å². The van der Waals surface area contributed by atoms with E-state index in [9.17, 15) is 9.59 Å². The topological polar surface area (TPSA) is 66.4 Å². The van der Waals surface area contributed by atoms with Crippen LogP contribution in [0.4, 0.5) is 5.69 Å². The fourth-order valence-corrected chi connectivity index (χ4v) is 4.33. The Morgan fingerprint density at radius 2 is 1.55 bits per heavy atom. The predicted molar refractivity (Wildman–Crippen MR) is 89.2 cm³/mol. The van der Waals surface area contributed by atoms with Crippen LogP contribution in [0.5, 0.6) is 0 Å². The van der Waals surface area contributed by atoms with Crippen LogP contribution in [0.3, 0.4) is 0 Å². The van der Waals surface area contributed by atoms with Crippen LogP contribution in [0, 0.1) is 0 Å². The molecule has 0 atom stereocenters. The number of rotatable bonds is 3. The number of aromatic carboxylic acids is 1. The maximum Gasteiger partial charge on any atom is 0.335 e. The number of benzene rings is 2. The van der Waals surface area contributed by atoms with Crippen molar-refractivity contribution in [2.75, 3.05) is 16.8 Å². The summed E-state index contributed by atoms with van der Waals surface area (Å²) in [6.45, 7) is 0. The third-order valence-electron chi connectivity index (χ3n) is 3.19. The Kier molecular flexibility index (Phi) is 4.40. The SMILES string of the molecule is O=C(O)c1ccc(NC(=O)c2ccc3c(c2)SCCS3)cc1. The molecule has 0 radical (unpaired) electrons. The molecule has 0 saturated heterocycles. The van der Waals surface area contributed by atoms with E-state index < -0.39 is 5.97 Å². The number of amides is 1. The van der Waals surface area contributed by atoms with Gasteiger partial charge >= 0.3 is 5.97 Å². The quantitative estimate of drug-likeness (QED) is 0.894. The van der Waals surface area contributed by atoms with Gasteiger partial charge < -0.3 is 10.4 Å². The summed E-state index contributed by atoms with van der Waals surface area (Å²) < 4.78 is 0. The molecule has 0 spiro atoms. The molecule has 2 N–H and O–H groups in total. The zero-order valence-electron chi connectivity index (χ0n) is 11.5. The van der Waals surface area contributed by atoms with E-state index in [1.54, 1.807) is 23.9 Å². The summed E-state index contributed by atoms with van der Waals surface area (Å²) >= 11 is 3.57. The summed E-state index contributed by atoms with van der Waals surface area (Å²) in [4.78, 5) is 25.4. The lowest BCUT2D eigenvalue weighted by Gasteiger charge is -2.15. The molecule has 4 nitrogen and oxygen atoms in total. The van der Waals surface area contributed by atoms with Crippen LogP contribution in [-0.4, -0.2) is 28.5 Å². The lowest BCUT2D eigenvalue weighted by Crippen LogP contribution is -2.12. The van der Waals surface area contributed by atoms with Crippen molar-refractivity contribution in [3.8, 4) is 0 Å². The standard InChI is InChI=1S/C16H13NO3S2/c18-15(17-12-4-1-10(2-5-12)16(19)20)11-3-6-13-14(9-11)22-8-7-21-13/h1-6,9H,7-8H2,(H,17,18)(H,19,20). The molecule has 112 valence electrons. The van der Waals surface area contributed by atoms with Gasteiger partial charge in [-0.05, 0) is 42.5 Å². The first-order valence-electron chi connectivity index (χ1n) is 6.68. The average Bonchev–Trinajstić information content (AvgIpc) is 2.55. The van der Waals surface area contributed by atoms with Gasteiger partial charge in [0, 0.05) is 32.5 Å². The van der Waals surface area contributed by atoms with Crippen LogP contribution in [0.25, 0.3) is 0 Å².